The van der Waals surface area contributed by atoms with Crippen LogP contribution >= 0.6 is 11.6 Å². The second-order valence-electron chi connectivity index (χ2n) is 12.0. The maximum absolute atomic E-state index is 6.67. The van der Waals surface area contributed by atoms with Crippen LogP contribution in [0.2, 0.25) is 5.02 Å². The molecule has 0 saturated heterocycles. The van der Waals surface area contributed by atoms with E-state index in [1.165, 1.54) is 38.4 Å². The summed E-state index contributed by atoms with van der Waals surface area (Å²) >= 11 is 6.67. The number of benzene rings is 6. The summed E-state index contributed by atoms with van der Waals surface area (Å²) in [5.74, 6) is 0.796. The summed E-state index contributed by atoms with van der Waals surface area (Å²) in [6.07, 6.45) is 0. The molecule has 0 saturated carbocycles. The quantitative estimate of drug-likeness (QED) is 0.206. The number of hydrogen-bond acceptors (Lipinski definition) is 2. The van der Waals surface area contributed by atoms with Crippen molar-refractivity contribution in [1.82, 2.24) is 14.5 Å². The fourth-order valence-corrected chi connectivity index (χ4v) is 7.35. The number of hydrogen-bond donors (Lipinski definition) is 0. The van der Waals surface area contributed by atoms with Crippen LogP contribution in [0.25, 0.3) is 71.8 Å². The predicted molar refractivity (Wildman–Crippen MR) is 179 cm³/mol. The van der Waals surface area contributed by atoms with Crippen molar-refractivity contribution in [3.63, 3.8) is 0 Å². The number of para-hydroxylation sites is 2. The first-order valence-corrected chi connectivity index (χ1v) is 15.0. The Morgan fingerprint density at radius 2 is 1.35 bits per heavy atom. The second-order valence-corrected chi connectivity index (χ2v) is 12.4. The van der Waals surface area contributed by atoms with Gasteiger partial charge >= 0.3 is 0 Å². The summed E-state index contributed by atoms with van der Waals surface area (Å²) in [7, 11) is 0. The van der Waals surface area contributed by atoms with Crippen molar-refractivity contribution in [2.24, 2.45) is 0 Å². The van der Waals surface area contributed by atoms with Crippen LogP contribution in [0.3, 0.4) is 0 Å². The topological polar surface area (TPSA) is 30.7 Å². The number of rotatable bonds is 2. The van der Waals surface area contributed by atoms with E-state index in [-0.39, 0.29) is 5.41 Å². The van der Waals surface area contributed by atoms with Gasteiger partial charge in [-0.05, 0) is 69.4 Å². The first kappa shape index (κ1) is 24.6. The molecular weight excluding hydrogens is 546 g/mol. The molecule has 0 spiro atoms. The Bertz CT molecular complexity index is 2450. The van der Waals surface area contributed by atoms with Crippen molar-refractivity contribution in [3.8, 4) is 28.2 Å². The molecule has 1 aliphatic rings. The molecule has 0 N–H and O–H groups in total. The maximum Gasteiger partial charge on any atom is 0.165 e. The molecule has 2 heterocycles. The molecule has 0 unspecified atom stereocenters. The van der Waals surface area contributed by atoms with Gasteiger partial charge in [-0.3, -0.25) is 4.57 Å². The smallest absolute Gasteiger partial charge is 0.165 e. The SMILES string of the molecule is CC1(C)c2ccccc2-c2ccc(-c3nc4ccccc4nc3-n3c4cc(Cl)ccc4c4c5ccccc5ccc43)cc21. The van der Waals surface area contributed by atoms with Gasteiger partial charge in [-0.25, -0.2) is 9.97 Å². The van der Waals surface area contributed by atoms with Gasteiger partial charge in [-0.2, -0.15) is 0 Å². The van der Waals surface area contributed by atoms with Crippen molar-refractivity contribution < 1.29 is 0 Å². The molecule has 6 aromatic carbocycles. The Labute approximate surface area is 254 Å². The molecule has 1 aliphatic carbocycles. The van der Waals surface area contributed by atoms with E-state index in [0.717, 1.165) is 44.5 Å². The number of fused-ring (bicyclic) bond motifs is 9. The van der Waals surface area contributed by atoms with Crippen LogP contribution in [0.4, 0.5) is 0 Å². The number of nitrogens with zero attached hydrogens (tertiary/aromatic N) is 3. The monoisotopic (exact) mass is 571 g/mol. The molecule has 0 bridgehead atoms. The van der Waals surface area contributed by atoms with Gasteiger partial charge in [-0.1, -0.05) is 110 Å². The summed E-state index contributed by atoms with van der Waals surface area (Å²) in [6, 6.07) is 42.8. The average molecular weight is 572 g/mol. The van der Waals surface area contributed by atoms with Gasteiger partial charge in [0.2, 0.25) is 0 Å². The molecule has 0 aliphatic heterocycles. The Morgan fingerprint density at radius 3 is 2.23 bits per heavy atom. The summed E-state index contributed by atoms with van der Waals surface area (Å²) in [6.45, 7) is 4.63. The third-order valence-electron chi connectivity index (χ3n) is 9.24. The zero-order valence-corrected chi connectivity index (χ0v) is 24.5. The highest BCUT2D eigenvalue weighted by molar-refractivity contribution is 6.32. The van der Waals surface area contributed by atoms with Gasteiger partial charge in [0.1, 0.15) is 5.69 Å². The van der Waals surface area contributed by atoms with E-state index in [2.05, 4.69) is 109 Å². The second kappa shape index (κ2) is 8.76. The molecule has 43 heavy (non-hydrogen) atoms. The molecule has 4 heteroatoms. The Kier molecular flexibility index (Phi) is 5.01. The molecule has 0 atom stereocenters. The predicted octanol–water partition coefficient (Wildman–Crippen LogP) is 10.5. The molecule has 204 valence electrons. The Hall–Kier alpha value is -4.99. The molecule has 0 radical (unpaired) electrons. The van der Waals surface area contributed by atoms with Crippen LogP contribution in [0.5, 0.6) is 0 Å². The van der Waals surface area contributed by atoms with Crippen LogP contribution in [0.15, 0.2) is 121 Å². The largest absolute Gasteiger partial charge is 0.292 e. The van der Waals surface area contributed by atoms with E-state index in [1.807, 2.05) is 30.3 Å². The standard InChI is InChI=1S/C39H26ClN3/c1-39(2)30-12-6-5-11-27(30)28-18-15-24(21-31(28)39)37-38(42-33-14-8-7-13-32(33)41-37)43-34-20-16-23-9-3-4-10-26(23)36(34)29-19-17-25(40)22-35(29)43/h3-22H,1-2H3. The average Bonchev–Trinajstić information content (AvgIpc) is 3.48. The van der Waals surface area contributed by atoms with Crippen LogP contribution in [-0.4, -0.2) is 14.5 Å². The first-order chi connectivity index (χ1) is 21.0. The lowest BCUT2D eigenvalue weighted by Crippen LogP contribution is -2.15. The van der Waals surface area contributed by atoms with Crippen molar-refractivity contribution in [3.05, 3.63) is 137 Å². The van der Waals surface area contributed by atoms with Gasteiger partial charge in [0.05, 0.1) is 22.1 Å². The molecule has 0 amide bonds. The zero-order valence-electron chi connectivity index (χ0n) is 23.8. The fourth-order valence-electron chi connectivity index (χ4n) is 7.18. The summed E-state index contributed by atoms with van der Waals surface area (Å²) in [5.41, 5.74) is 10.9. The number of halogens is 1. The van der Waals surface area contributed by atoms with Crippen molar-refractivity contribution in [2.45, 2.75) is 19.3 Å². The number of aromatic nitrogens is 3. The molecule has 2 aromatic heterocycles. The Balaban J connectivity index is 1.40. The van der Waals surface area contributed by atoms with Crippen LogP contribution in [-0.2, 0) is 5.41 Å². The zero-order chi connectivity index (χ0) is 28.9. The van der Waals surface area contributed by atoms with E-state index >= 15 is 0 Å². The van der Waals surface area contributed by atoms with Crippen molar-refractivity contribution in [2.75, 3.05) is 0 Å². The molecule has 8 aromatic rings. The highest BCUT2D eigenvalue weighted by Crippen LogP contribution is 2.50. The molecule has 9 rings (SSSR count). The van der Waals surface area contributed by atoms with Crippen LogP contribution in [0, 0.1) is 0 Å². The minimum Gasteiger partial charge on any atom is -0.292 e. The maximum atomic E-state index is 6.67. The summed E-state index contributed by atoms with van der Waals surface area (Å²) < 4.78 is 2.25. The van der Waals surface area contributed by atoms with Gasteiger partial charge in [-0.15, -0.1) is 0 Å². The van der Waals surface area contributed by atoms with E-state index < -0.39 is 0 Å². The van der Waals surface area contributed by atoms with Crippen LogP contribution in [0.1, 0.15) is 25.0 Å². The van der Waals surface area contributed by atoms with Gasteiger partial charge in [0.15, 0.2) is 5.82 Å². The molecular formula is C39H26ClN3. The minimum atomic E-state index is -0.119. The van der Waals surface area contributed by atoms with Crippen molar-refractivity contribution in [1.29, 1.82) is 0 Å². The summed E-state index contributed by atoms with van der Waals surface area (Å²) in [5, 5.41) is 5.43. The lowest BCUT2D eigenvalue weighted by Gasteiger charge is -2.22. The lowest BCUT2D eigenvalue weighted by atomic mass is 9.82. The molecule has 3 nitrogen and oxygen atoms in total. The van der Waals surface area contributed by atoms with E-state index in [9.17, 15) is 0 Å². The lowest BCUT2D eigenvalue weighted by molar-refractivity contribution is 0.660. The highest BCUT2D eigenvalue weighted by atomic mass is 35.5. The minimum absolute atomic E-state index is 0.119. The van der Waals surface area contributed by atoms with Crippen LogP contribution < -0.4 is 0 Å². The first-order valence-electron chi connectivity index (χ1n) is 14.6. The Morgan fingerprint density at radius 1 is 0.605 bits per heavy atom. The summed E-state index contributed by atoms with van der Waals surface area (Å²) in [4.78, 5) is 10.6. The normalized spacial score (nSPS) is 13.7. The third kappa shape index (κ3) is 3.43. The molecule has 0 fully saturated rings. The van der Waals surface area contributed by atoms with Gasteiger partial charge < -0.3 is 0 Å². The third-order valence-corrected chi connectivity index (χ3v) is 9.47. The van der Waals surface area contributed by atoms with Gasteiger partial charge in [0.25, 0.3) is 0 Å². The fraction of sp³-hybridized carbons (Fsp3) is 0.0769. The highest BCUT2D eigenvalue weighted by Gasteiger charge is 2.35. The van der Waals surface area contributed by atoms with E-state index in [1.54, 1.807) is 0 Å². The van der Waals surface area contributed by atoms with E-state index in [0.29, 0.717) is 5.02 Å². The van der Waals surface area contributed by atoms with E-state index in [4.69, 9.17) is 21.6 Å². The van der Waals surface area contributed by atoms with Gasteiger partial charge in [0, 0.05) is 26.8 Å². The van der Waals surface area contributed by atoms with Crippen molar-refractivity contribution >= 4 is 55.2 Å².